The highest BCUT2D eigenvalue weighted by Crippen LogP contribution is 2.30. The molecule has 1 rings (SSSR count). The molecule has 2 N–H and O–H groups in total. The van der Waals surface area contributed by atoms with Crippen LogP contribution in [-0.2, 0) is 0 Å². The molecule has 1 aliphatic rings. The predicted molar refractivity (Wildman–Crippen MR) is 21.8 cm³/mol. The first-order chi connectivity index (χ1) is 3.46. The molecular formula is C4H9N. The Morgan fingerprint density at radius 2 is 2.60 bits per heavy atom. The fourth-order valence-electron chi connectivity index (χ4n) is 0.135. The molecule has 30 valence electrons. The first kappa shape index (κ1) is 1.23. The summed E-state index contributed by atoms with van der Waals surface area (Å²) in [5, 5.41) is 0. The quantitative estimate of drug-likeness (QED) is 0.445. The summed E-state index contributed by atoms with van der Waals surface area (Å²) in [4.78, 5) is 0. The minimum Gasteiger partial charge on any atom is -0.325 e. The second kappa shape index (κ2) is 0.548. The molecule has 0 bridgehead atoms. The van der Waals surface area contributed by atoms with Crippen LogP contribution < -0.4 is 5.73 Å². The van der Waals surface area contributed by atoms with Gasteiger partial charge in [0.15, 0.2) is 0 Å². The maximum Gasteiger partial charge on any atom is 0.0249 e. The van der Waals surface area contributed by atoms with Crippen molar-refractivity contribution in [2.75, 3.05) is 0 Å². The van der Waals surface area contributed by atoms with E-state index in [2.05, 4.69) is 0 Å². The van der Waals surface area contributed by atoms with E-state index in [0.29, 0.717) is 12.8 Å². The van der Waals surface area contributed by atoms with Gasteiger partial charge in [-0.1, -0.05) is 0 Å². The Morgan fingerprint density at radius 3 is 2.60 bits per heavy atom. The van der Waals surface area contributed by atoms with Gasteiger partial charge in [-0.15, -0.1) is 0 Å². The molecule has 0 spiro atoms. The van der Waals surface area contributed by atoms with Crippen LogP contribution in [0.25, 0.3) is 0 Å². The van der Waals surface area contributed by atoms with Crippen molar-refractivity contribution < 1.29 is 4.11 Å². The average molecular weight is 74.1 g/mol. The monoisotopic (exact) mass is 74.1 g/mol. The molecule has 1 saturated carbocycles. The summed E-state index contributed by atoms with van der Waals surface area (Å²) in [7, 11) is 0. The van der Waals surface area contributed by atoms with E-state index in [0.717, 1.165) is 0 Å². The van der Waals surface area contributed by atoms with Gasteiger partial charge in [0, 0.05) is 9.65 Å². The summed E-state index contributed by atoms with van der Waals surface area (Å²) in [6.07, 6.45) is 1.31. The third-order valence-corrected chi connectivity index (χ3v) is 0.789. The van der Waals surface area contributed by atoms with Crippen LogP contribution in [0.15, 0.2) is 0 Å². The molecule has 1 nitrogen and oxygen atoms in total. The molecule has 0 aliphatic heterocycles. The van der Waals surface area contributed by atoms with Crippen LogP contribution in [0.4, 0.5) is 0 Å². The minimum atomic E-state index is -1.92. The van der Waals surface area contributed by atoms with E-state index in [-0.39, 0.29) is 0 Å². The van der Waals surface area contributed by atoms with Crippen LogP contribution >= 0.6 is 0 Å². The highest BCUT2D eigenvalue weighted by atomic mass is 14.8. The van der Waals surface area contributed by atoms with Crippen LogP contribution in [0.5, 0.6) is 0 Å². The Kier molecular flexibility index (Phi) is 0.134. The second-order valence-corrected chi connectivity index (χ2v) is 1.66. The molecule has 1 heteroatoms. The number of hydrogen-bond acceptors (Lipinski definition) is 1. The number of hydrogen-bond donors (Lipinski definition) is 1. The lowest BCUT2D eigenvalue weighted by molar-refractivity contribution is 0.762. The Morgan fingerprint density at radius 1 is 2.00 bits per heavy atom. The highest BCUT2D eigenvalue weighted by Gasteiger charge is 2.31. The standard InChI is InChI=1S/C4H9N/c1-4(5)2-3-4/h2-3,5H2,1H3/i1D3. The molecular weight excluding hydrogens is 62.1 g/mol. The van der Waals surface area contributed by atoms with E-state index < -0.39 is 12.4 Å². The molecule has 0 radical (unpaired) electrons. The SMILES string of the molecule is [2H]C([2H])([2H])C1(N)CC1. The Bertz CT molecular complexity index is 99.1. The molecule has 0 amide bonds. The first-order valence-electron chi connectivity index (χ1n) is 3.25. The van der Waals surface area contributed by atoms with E-state index in [1.54, 1.807) is 0 Å². The van der Waals surface area contributed by atoms with Gasteiger partial charge >= 0.3 is 0 Å². The molecule has 0 atom stereocenters. The van der Waals surface area contributed by atoms with Crippen LogP contribution in [0.1, 0.15) is 23.8 Å². The van der Waals surface area contributed by atoms with E-state index >= 15 is 0 Å². The van der Waals surface area contributed by atoms with Crippen molar-refractivity contribution in [2.45, 2.75) is 25.2 Å². The summed E-state index contributed by atoms with van der Waals surface area (Å²) < 4.78 is 20.6. The smallest absolute Gasteiger partial charge is 0.0249 e. The molecule has 5 heavy (non-hydrogen) atoms. The lowest BCUT2D eigenvalue weighted by atomic mass is 10.4. The maximum atomic E-state index is 6.85. The lowest BCUT2D eigenvalue weighted by Gasteiger charge is -1.88. The second-order valence-electron chi connectivity index (χ2n) is 1.66. The molecule has 0 aromatic carbocycles. The molecule has 0 aromatic heterocycles. The number of rotatable bonds is 0. The Labute approximate surface area is 36.4 Å². The van der Waals surface area contributed by atoms with Crippen molar-refractivity contribution in [3.63, 3.8) is 0 Å². The number of nitrogens with two attached hydrogens (primary N) is 1. The van der Waals surface area contributed by atoms with Crippen molar-refractivity contribution in [3.05, 3.63) is 0 Å². The normalized spacial score (nSPS) is 41.4. The van der Waals surface area contributed by atoms with Gasteiger partial charge in [0.1, 0.15) is 0 Å². The first-order valence-corrected chi connectivity index (χ1v) is 1.75. The van der Waals surface area contributed by atoms with E-state index in [1.807, 2.05) is 0 Å². The topological polar surface area (TPSA) is 26.0 Å². The molecule has 1 fully saturated rings. The lowest BCUT2D eigenvalue weighted by Crippen LogP contribution is -2.14. The van der Waals surface area contributed by atoms with Gasteiger partial charge in [0.05, 0.1) is 0 Å². The fraction of sp³-hybridized carbons (Fsp3) is 1.00. The fourth-order valence-corrected chi connectivity index (χ4v) is 0.135. The van der Waals surface area contributed by atoms with E-state index in [1.165, 1.54) is 0 Å². The van der Waals surface area contributed by atoms with E-state index in [9.17, 15) is 0 Å². The van der Waals surface area contributed by atoms with Crippen molar-refractivity contribution in [1.82, 2.24) is 0 Å². The van der Waals surface area contributed by atoms with Gasteiger partial charge < -0.3 is 5.73 Å². The highest BCUT2D eigenvalue weighted by molar-refractivity contribution is 4.93. The summed E-state index contributed by atoms with van der Waals surface area (Å²) in [6.45, 7) is -1.92. The van der Waals surface area contributed by atoms with E-state index in [4.69, 9.17) is 9.85 Å². The van der Waals surface area contributed by atoms with Crippen molar-refractivity contribution in [2.24, 2.45) is 5.73 Å². The van der Waals surface area contributed by atoms with Crippen molar-refractivity contribution in [1.29, 1.82) is 0 Å². The van der Waals surface area contributed by atoms with Gasteiger partial charge in [-0.3, -0.25) is 0 Å². The third-order valence-electron chi connectivity index (χ3n) is 0.789. The van der Waals surface area contributed by atoms with Crippen LogP contribution in [-0.4, -0.2) is 5.54 Å². The molecule has 0 heterocycles. The summed E-state index contributed by atoms with van der Waals surface area (Å²) in [5.74, 6) is 0. The molecule has 1 aliphatic carbocycles. The average Bonchev–Trinajstić information content (AvgIpc) is 2.16. The molecule has 0 unspecified atom stereocenters. The van der Waals surface area contributed by atoms with Gasteiger partial charge in [0.25, 0.3) is 0 Å². The molecule has 0 aromatic rings. The van der Waals surface area contributed by atoms with Crippen molar-refractivity contribution >= 4 is 0 Å². The summed E-state index contributed by atoms with van der Waals surface area (Å²) in [6, 6.07) is 0. The van der Waals surface area contributed by atoms with Gasteiger partial charge in [-0.2, -0.15) is 0 Å². The van der Waals surface area contributed by atoms with Gasteiger partial charge in [0.2, 0.25) is 0 Å². The van der Waals surface area contributed by atoms with Crippen LogP contribution in [0.2, 0.25) is 0 Å². The Hall–Kier alpha value is -0.0400. The Balaban J connectivity index is 2.58. The van der Waals surface area contributed by atoms with Gasteiger partial charge in [-0.05, 0) is 19.7 Å². The maximum absolute atomic E-state index is 6.85. The zero-order valence-electron chi connectivity index (χ0n) is 5.99. The van der Waals surface area contributed by atoms with Gasteiger partial charge in [-0.25, -0.2) is 0 Å². The third kappa shape index (κ3) is 0.618. The summed E-state index contributed by atoms with van der Waals surface area (Å²) >= 11 is 0. The zero-order chi connectivity index (χ0) is 6.41. The van der Waals surface area contributed by atoms with Crippen molar-refractivity contribution in [3.8, 4) is 0 Å². The predicted octanol–water partition coefficient (Wildman–Crippen LogP) is 0.498. The molecule has 0 saturated heterocycles. The minimum absolute atomic E-state index is 0.656. The zero-order valence-corrected chi connectivity index (χ0v) is 2.99. The summed E-state index contributed by atoms with van der Waals surface area (Å²) in [5.41, 5.74) is 4.55. The van der Waals surface area contributed by atoms with Crippen LogP contribution in [0, 0.1) is 0 Å². The largest absolute Gasteiger partial charge is 0.325 e. The van der Waals surface area contributed by atoms with Crippen LogP contribution in [0.3, 0.4) is 0 Å².